The molecule has 2 aliphatic rings. The fourth-order valence-corrected chi connectivity index (χ4v) is 3.99. The molecular weight excluding hydrogens is 344 g/mol. The van der Waals surface area contributed by atoms with E-state index in [2.05, 4.69) is 10.3 Å². The zero-order valence-corrected chi connectivity index (χ0v) is 14.8. The number of carbonyl (C=O) groups is 3. The lowest BCUT2D eigenvalue weighted by Gasteiger charge is -2.34. The highest BCUT2D eigenvalue weighted by molar-refractivity contribution is 7.13. The van der Waals surface area contributed by atoms with Crippen molar-refractivity contribution in [1.29, 1.82) is 0 Å². The molecule has 3 rings (SSSR count). The summed E-state index contributed by atoms with van der Waals surface area (Å²) in [5.74, 6) is -1.37. The van der Waals surface area contributed by atoms with Crippen LogP contribution in [0.15, 0.2) is 5.38 Å². The van der Waals surface area contributed by atoms with Gasteiger partial charge in [-0.05, 0) is 25.7 Å². The van der Waals surface area contributed by atoms with Gasteiger partial charge in [0.2, 0.25) is 5.91 Å². The van der Waals surface area contributed by atoms with E-state index in [1.165, 1.54) is 11.3 Å². The van der Waals surface area contributed by atoms with E-state index < -0.39 is 5.97 Å². The van der Waals surface area contributed by atoms with Crippen molar-refractivity contribution < 1.29 is 19.5 Å². The predicted octanol–water partition coefficient (Wildman–Crippen LogP) is 1.64. The van der Waals surface area contributed by atoms with E-state index in [4.69, 9.17) is 5.11 Å². The van der Waals surface area contributed by atoms with E-state index >= 15 is 0 Å². The minimum absolute atomic E-state index is 0.0352. The number of carboxylic acids is 1. The molecular formula is C16H22N4O4S. The van der Waals surface area contributed by atoms with Crippen molar-refractivity contribution in [2.75, 3.05) is 31.5 Å². The first-order valence-corrected chi connectivity index (χ1v) is 9.42. The van der Waals surface area contributed by atoms with E-state index in [0.29, 0.717) is 23.9 Å². The molecule has 2 aliphatic heterocycles. The van der Waals surface area contributed by atoms with E-state index in [0.717, 1.165) is 38.8 Å². The smallest absolute Gasteiger partial charge is 0.320 e. The lowest BCUT2D eigenvalue weighted by Crippen LogP contribution is -2.48. The minimum atomic E-state index is -0.952. The summed E-state index contributed by atoms with van der Waals surface area (Å²) in [6.07, 6.45) is 3.48. The number of carboxylic acid groups (broad SMARTS) is 1. The van der Waals surface area contributed by atoms with E-state index in [9.17, 15) is 14.4 Å². The number of piperidine rings is 1. The van der Waals surface area contributed by atoms with Crippen molar-refractivity contribution >= 4 is 34.4 Å². The van der Waals surface area contributed by atoms with Crippen molar-refractivity contribution in [2.45, 2.75) is 32.1 Å². The van der Waals surface area contributed by atoms with Crippen LogP contribution in [0.25, 0.3) is 0 Å². The molecule has 2 fully saturated rings. The molecule has 1 aromatic rings. The van der Waals surface area contributed by atoms with Crippen LogP contribution in [0.1, 0.15) is 31.4 Å². The Morgan fingerprint density at radius 3 is 2.64 bits per heavy atom. The number of carbonyl (C=O) groups excluding carboxylic acids is 2. The van der Waals surface area contributed by atoms with Crippen molar-refractivity contribution in [2.24, 2.45) is 5.92 Å². The molecule has 0 spiro atoms. The number of hydrogen-bond acceptors (Lipinski definition) is 5. The Morgan fingerprint density at radius 1 is 1.20 bits per heavy atom. The summed E-state index contributed by atoms with van der Waals surface area (Å²) in [7, 11) is 0. The topological polar surface area (TPSA) is 103 Å². The molecule has 3 heterocycles. The SMILES string of the molecule is O=C(O)Cc1csc(NC(=O)C2CCCN(C(=O)N3CCCC3)C2)n1. The molecule has 1 atom stereocenters. The van der Waals surface area contributed by atoms with Crippen LogP contribution in [-0.2, 0) is 16.0 Å². The van der Waals surface area contributed by atoms with Gasteiger partial charge in [-0.25, -0.2) is 9.78 Å². The summed E-state index contributed by atoms with van der Waals surface area (Å²) >= 11 is 1.22. The molecule has 3 amide bonds. The third-order valence-corrected chi connectivity index (χ3v) is 5.36. The number of rotatable bonds is 4. The normalized spacial score (nSPS) is 20.6. The quantitative estimate of drug-likeness (QED) is 0.843. The van der Waals surface area contributed by atoms with Gasteiger partial charge in [0.05, 0.1) is 18.0 Å². The van der Waals surface area contributed by atoms with Gasteiger partial charge in [-0.2, -0.15) is 0 Å². The maximum atomic E-state index is 12.5. The highest BCUT2D eigenvalue weighted by Crippen LogP contribution is 2.22. The van der Waals surface area contributed by atoms with Gasteiger partial charge in [0.1, 0.15) is 0 Å². The maximum absolute atomic E-state index is 12.5. The number of nitrogens with one attached hydrogen (secondary N) is 1. The molecule has 2 saturated heterocycles. The third-order valence-electron chi connectivity index (χ3n) is 4.55. The second kappa shape index (κ2) is 7.81. The first kappa shape index (κ1) is 17.7. The lowest BCUT2D eigenvalue weighted by atomic mass is 9.97. The second-order valence-corrected chi connectivity index (χ2v) is 7.32. The standard InChI is InChI=1S/C16H22N4O4S/c21-13(22)8-12-10-25-15(17-12)18-14(23)11-4-3-7-20(9-11)16(24)19-5-1-2-6-19/h10-11H,1-9H2,(H,21,22)(H,17,18,23). The predicted molar refractivity (Wildman–Crippen MR) is 92.6 cm³/mol. The lowest BCUT2D eigenvalue weighted by molar-refractivity contribution is -0.136. The highest BCUT2D eigenvalue weighted by Gasteiger charge is 2.31. The molecule has 0 bridgehead atoms. The van der Waals surface area contributed by atoms with Crippen molar-refractivity contribution in [1.82, 2.24) is 14.8 Å². The summed E-state index contributed by atoms with van der Waals surface area (Å²) in [6, 6.07) is 0.0352. The van der Waals surface area contributed by atoms with Crippen LogP contribution < -0.4 is 5.32 Å². The van der Waals surface area contributed by atoms with Crippen LogP contribution in [0, 0.1) is 5.92 Å². The Balaban J connectivity index is 1.55. The molecule has 2 N–H and O–H groups in total. The maximum Gasteiger partial charge on any atom is 0.320 e. The Morgan fingerprint density at radius 2 is 1.92 bits per heavy atom. The second-order valence-electron chi connectivity index (χ2n) is 6.47. The Hall–Kier alpha value is -2.16. The number of thiazole rings is 1. The zero-order chi connectivity index (χ0) is 17.8. The van der Waals surface area contributed by atoms with Crippen molar-refractivity contribution in [3.63, 3.8) is 0 Å². The summed E-state index contributed by atoms with van der Waals surface area (Å²) < 4.78 is 0. The third kappa shape index (κ3) is 4.47. The molecule has 0 aromatic carbocycles. The molecule has 1 unspecified atom stereocenters. The molecule has 8 nitrogen and oxygen atoms in total. The summed E-state index contributed by atoms with van der Waals surface area (Å²) in [5, 5.41) is 13.6. The van der Waals surface area contributed by atoms with Gasteiger partial charge >= 0.3 is 12.0 Å². The van der Waals surface area contributed by atoms with Gasteiger partial charge in [-0.15, -0.1) is 11.3 Å². The number of aliphatic carboxylic acids is 1. The molecule has 0 radical (unpaired) electrons. The summed E-state index contributed by atoms with van der Waals surface area (Å²) in [6.45, 7) is 2.73. The van der Waals surface area contributed by atoms with Crippen LogP contribution in [0.4, 0.5) is 9.93 Å². The largest absolute Gasteiger partial charge is 0.481 e. The molecule has 25 heavy (non-hydrogen) atoms. The zero-order valence-electron chi connectivity index (χ0n) is 13.9. The number of hydrogen-bond donors (Lipinski definition) is 2. The molecule has 1 aromatic heterocycles. The minimum Gasteiger partial charge on any atom is -0.481 e. The summed E-state index contributed by atoms with van der Waals surface area (Å²) in [4.78, 5) is 43.4. The number of likely N-dealkylation sites (tertiary alicyclic amines) is 2. The number of nitrogens with zero attached hydrogens (tertiary/aromatic N) is 3. The van der Waals surface area contributed by atoms with Gasteiger partial charge in [0.15, 0.2) is 5.13 Å². The molecule has 0 aliphatic carbocycles. The van der Waals surface area contributed by atoms with E-state index in [1.54, 1.807) is 10.3 Å². The number of amides is 3. The summed E-state index contributed by atoms with van der Waals surface area (Å²) in [5.41, 5.74) is 0.433. The molecule has 9 heteroatoms. The van der Waals surface area contributed by atoms with Crippen LogP contribution >= 0.6 is 11.3 Å². The number of anilines is 1. The Bertz CT molecular complexity index is 656. The first-order valence-electron chi connectivity index (χ1n) is 8.54. The highest BCUT2D eigenvalue weighted by atomic mass is 32.1. The van der Waals surface area contributed by atoms with Crippen LogP contribution in [0.5, 0.6) is 0 Å². The molecule has 0 saturated carbocycles. The van der Waals surface area contributed by atoms with E-state index in [-0.39, 0.29) is 24.3 Å². The Kier molecular flexibility index (Phi) is 5.52. The van der Waals surface area contributed by atoms with Crippen molar-refractivity contribution in [3.8, 4) is 0 Å². The van der Waals surface area contributed by atoms with Crippen LogP contribution in [-0.4, -0.2) is 64.0 Å². The van der Waals surface area contributed by atoms with Gasteiger partial charge < -0.3 is 20.2 Å². The van der Waals surface area contributed by atoms with Gasteiger partial charge in [-0.1, -0.05) is 0 Å². The van der Waals surface area contributed by atoms with Gasteiger partial charge in [0.25, 0.3) is 0 Å². The fourth-order valence-electron chi connectivity index (χ4n) is 3.28. The number of urea groups is 1. The monoisotopic (exact) mass is 366 g/mol. The van der Waals surface area contributed by atoms with Crippen LogP contribution in [0.2, 0.25) is 0 Å². The van der Waals surface area contributed by atoms with E-state index in [1.807, 2.05) is 4.90 Å². The fraction of sp³-hybridized carbons (Fsp3) is 0.625. The van der Waals surface area contributed by atoms with Gasteiger partial charge in [-0.3, -0.25) is 9.59 Å². The Labute approximate surface area is 149 Å². The van der Waals surface area contributed by atoms with Crippen molar-refractivity contribution in [3.05, 3.63) is 11.1 Å². The molecule has 136 valence electrons. The van der Waals surface area contributed by atoms with Crippen LogP contribution in [0.3, 0.4) is 0 Å². The average Bonchev–Trinajstić information content (AvgIpc) is 3.26. The number of aromatic nitrogens is 1. The first-order chi connectivity index (χ1) is 12.0. The average molecular weight is 366 g/mol. The van der Waals surface area contributed by atoms with Gasteiger partial charge in [0, 0.05) is 31.6 Å².